The second kappa shape index (κ2) is 8.31. The van der Waals surface area contributed by atoms with Crippen molar-refractivity contribution in [1.29, 1.82) is 0 Å². The Labute approximate surface area is 163 Å². The summed E-state index contributed by atoms with van der Waals surface area (Å²) in [5, 5.41) is 8.79. The number of halogens is 1. The van der Waals surface area contributed by atoms with Crippen molar-refractivity contribution in [3.63, 3.8) is 0 Å². The molecule has 0 saturated carbocycles. The van der Waals surface area contributed by atoms with E-state index in [1.54, 1.807) is 0 Å². The molecule has 0 fully saturated rings. The van der Waals surface area contributed by atoms with Crippen LogP contribution in [0.1, 0.15) is 38.0 Å². The maximum absolute atomic E-state index is 12.6. The number of rotatable bonds is 6. The number of hydrogen-bond acceptors (Lipinski definition) is 4. The summed E-state index contributed by atoms with van der Waals surface area (Å²) in [7, 11) is 0. The van der Waals surface area contributed by atoms with E-state index in [1.807, 2.05) is 37.8 Å². The molecule has 26 heavy (non-hydrogen) atoms. The highest BCUT2D eigenvalue weighted by molar-refractivity contribution is 9.10. The topological polar surface area (TPSA) is 54.3 Å². The SMILES string of the molecule is CCN(CC)C(=O)[C@H](C)N1CCn2c(Cc3cccc(Br)c3)nnc2C1. The number of benzene rings is 1. The molecule has 1 aromatic heterocycles. The number of nitrogens with zero attached hydrogens (tertiary/aromatic N) is 5. The average molecular weight is 420 g/mol. The molecule has 2 heterocycles. The molecule has 1 atom stereocenters. The highest BCUT2D eigenvalue weighted by Crippen LogP contribution is 2.19. The van der Waals surface area contributed by atoms with Gasteiger partial charge in [0.05, 0.1) is 12.6 Å². The third-order valence-corrected chi connectivity index (χ3v) is 5.58. The van der Waals surface area contributed by atoms with Crippen LogP contribution in [0, 0.1) is 0 Å². The summed E-state index contributed by atoms with van der Waals surface area (Å²) in [4.78, 5) is 16.7. The Kier molecular flexibility index (Phi) is 6.09. The van der Waals surface area contributed by atoms with Crippen molar-refractivity contribution in [1.82, 2.24) is 24.6 Å². The van der Waals surface area contributed by atoms with Crippen LogP contribution >= 0.6 is 15.9 Å². The Morgan fingerprint density at radius 3 is 2.73 bits per heavy atom. The lowest BCUT2D eigenvalue weighted by Gasteiger charge is -2.34. The van der Waals surface area contributed by atoms with Gasteiger partial charge in [-0.25, -0.2) is 0 Å². The van der Waals surface area contributed by atoms with E-state index in [9.17, 15) is 4.79 Å². The molecular weight excluding hydrogens is 394 g/mol. The first-order chi connectivity index (χ1) is 12.5. The van der Waals surface area contributed by atoms with Crippen LogP contribution in [0.2, 0.25) is 0 Å². The zero-order valence-corrected chi connectivity index (χ0v) is 17.2. The molecule has 3 rings (SSSR count). The van der Waals surface area contributed by atoms with E-state index >= 15 is 0 Å². The number of amides is 1. The third kappa shape index (κ3) is 3.99. The third-order valence-electron chi connectivity index (χ3n) is 5.09. The maximum atomic E-state index is 12.6. The van der Waals surface area contributed by atoms with Crippen molar-refractivity contribution in [2.24, 2.45) is 0 Å². The lowest BCUT2D eigenvalue weighted by molar-refractivity contribution is -0.136. The predicted molar refractivity (Wildman–Crippen MR) is 105 cm³/mol. The predicted octanol–water partition coefficient (Wildman–Crippen LogP) is 2.70. The lowest BCUT2D eigenvalue weighted by Crippen LogP contribution is -2.49. The van der Waals surface area contributed by atoms with Gasteiger partial charge in [-0.1, -0.05) is 28.1 Å². The number of carbonyl (C=O) groups is 1. The molecule has 0 radical (unpaired) electrons. The Bertz CT molecular complexity index is 771. The van der Waals surface area contributed by atoms with Crippen LogP contribution in [0.3, 0.4) is 0 Å². The normalized spacial score (nSPS) is 15.5. The fourth-order valence-corrected chi connectivity index (χ4v) is 3.93. The van der Waals surface area contributed by atoms with Crippen LogP contribution in [0.5, 0.6) is 0 Å². The van der Waals surface area contributed by atoms with Gasteiger partial charge in [0.2, 0.25) is 5.91 Å². The van der Waals surface area contributed by atoms with Crippen molar-refractivity contribution >= 4 is 21.8 Å². The highest BCUT2D eigenvalue weighted by atomic mass is 79.9. The Morgan fingerprint density at radius 2 is 2.04 bits per heavy atom. The Morgan fingerprint density at radius 1 is 1.27 bits per heavy atom. The van der Waals surface area contributed by atoms with Crippen LogP contribution in [0.15, 0.2) is 28.7 Å². The van der Waals surface area contributed by atoms with Gasteiger partial charge in [0, 0.05) is 37.1 Å². The van der Waals surface area contributed by atoms with Crippen molar-refractivity contribution in [3.05, 3.63) is 46.0 Å². The number of carbonyl (C=O) groups excluding carboxylic acids is 1. The standard InChI is InChI=1S/C19H26BrN5O/c1-4-23(5-2)19(26)14(3)24-9-10-25-17(21-22-18(25)13-24)12-15-7-6-8-16(20)11-15/h6-8,11,14H,4-5,9-10,12-13H2,1-3H3/t14-/m0/s1. The van der Waals surface area contributed by atoms with E-state index in [-0.39, 0.29) is 11.9 Å². The molecule has 0 N–H and O–H groups in total. The minimum Gasteiger partial charge on any atom is -0.342 e. The number of likely N-dealkylation sites (N-methyl/N-ethyl adjacent to an activating group) is 1. The molecule has 1 aromatic carbocycles. The van der Waals surface area contributed by atoms with E-state index in [4.69, 9.17) is 0 Å². The van der Waals surface area contributed by atoms with Gasteiger partial charge in [-0.3, -0.25) is 9.69 Å². The van der Waals surface area contributed by atoms with Crippen molar-refractivity contribution in [2.45, 2.75) is 46.3 Å². The first-order valence-electron chi connectivity index (χ1n) is 9.21. The molecule has 2 aromatic rings. The minimum absolute atomic E-state index is 0.131. The first-order valence-corrected chi connectivity index (χ1v) is 10.0. The molecular formula is C19H26BrN5O. The zero-order chi connectivity index (χ0) is 18.7. The van der Waals surface area contributed by atoms with E-state index in [0.717, 1.165) is 48.7 Å². The molecule has 0 saturated heterocycles. The monoisotopic (exact) mass is 419 g/mol. The zero-order valence-electron chi connectivity index (χ0n) is 15.7. The van der Waals surface area contributed by atoms with Gasteiger partial charge < -0.3 is 9.47 Å². The van der Waals surface area contributed by atoms with Gasteiger partial charge in [-0.15, -0.1) is 10.2 Å². The van der Waals surface area contributed by atoms with Crippen molar-refractivity contribution in [2.75, 3.05) is 19.6 Å². The fourth-order valence-electron chi connectivity index (χ4n) is 3.48. The summed E-state index contributed by atoms with van der Waals surface area (Å²) in [6, 6.07) is 8.15. The smallest absolute Gasteiger partial charge is 0.239 e. The van der Waals surface area contributed by atoms with Crippen LogP contribution < -0.4 is 0 Å². The Hall–Kier alpha value is -1.73. The van der Waals surface area contributed by atoms with Crippen LogP contribution in [0.4, 0.5) is 0 Å². The summed E-state index contributed by atoms with van der Waals surface area (Å²) in [6.07, 6.45) is 0.764. The Balaban J connectivity index is 1.70. The lowest BCUT2D eigenvalue weighted by atomic mass is 10.1. The van der Waals surface area contributed by atoms with Crippen LogP contribution in [-0.2, 0) is 24.3 Å². The summed E-state index contributed by atoms with van der Waals surface area (Å²) in [6.45, 7) is 9.87. The molecule has 1 amide bonds. The molecule has 7 heteroatoms. The molecule has 0 spiro atoms. The molecule has 0 unspecified atom stereocenters. The van der Waals surface area contributed by atoms with Gasteiger partial charge in [0.1, 0.15) is 11.6 Å². The summed E-state index contributed by atoms with van der Waals surface area (Å²) in [5.41, 5.74) is 1.21. The molecule has 0 bridgehead atoms. The van der Waals surface area contributed by atoms with Crippen LogP contribution in [-0.4, -0.2) is 56.1 Å². The van der Waals surface area contributed by atoms with Crippen molar-refractivity contribution in [3.8, 4) is 0 Å². The highest BCUT2D eigenvalue weighted by Gasteiger charge is 2.29. The van der Waals surface area contributed by atoms with Crippen molar-refractivity contribution < 1.29 is 4.79 Å². The number of aromatic nitrogens is 3. The summed E-state index contributed by atoms with van der Waals surface area (Å²) >= 11 is 3.52. The second-order valence-electron chi connectivity index (χ2n) is 6.65. The second-order valence-corrected chi connectivity index (χ2v) is 7.56. The van der Waals surface area contributed by atoms with Gasteiger partial charge in [-0.2, -0.15) is 0 Å². The minimum atomic E-state index is -0.131. The summed E-state index contributed by atoms with van der Waals surface area (Å²) in [5.74, 6) is 2.12. The summed E-state index contributed by atoms with van der Waals surface area (Å²) < 4.78 is 3.27. The van der Waals surface area contributed by atoms with E-state index in [1.165, 1.54) is 5.56 Å². The molecule has 1 aliphatic heterocycles. The quantitative estimate of drug-likeness (QED) is 0.721. The van der Waals surface area contributed by atoms with E-state index < -0.39 is 0 Å². The molecule has 6 nitrogen and oxygen atoms in total. The van der Waals surface area contributed by atoms with Gasteiger partial charge in [0.25, 0.3) is 0 Å². The largest absolute Gasteiger partial charge is 0.342 e. The molecule has 1 aliphatic rings. The van der Waals surface area contributed by atoms with E-state index in [2.05, 4.69) is 47.7 Å². The average Bonchev–Trinajstić information content (AvgIpc) is 3.04. The number of fused-ring (bicyclic) bond motifs is 1. The molecule has 140 valence electrons. The first kappa shape index (κ1) is 19.0. The maximum Gasteiger partial charge on any atom is 0.239 e. The van der Waals surface area contributed by atoms with Gasteiger partial charge in [-0.05, 0) is 38.5 Å². The van der Waals surface area contributed by atoms with Gasteiger partial charge >= 0.3 is 0 Å². The molecule has 0 aliphatic carbocycles. The van der Waals surface area contributed by atoms with Crippen LogP contribution in [0.25, 0.3) is 0 Å². The number of hydrogen-bond donors (Lipinski definition) is 0. The van der Waals surface area contributed by atoms with E-state index in [0.29, 0.717) is 6.54 Å². The fraction of sp³-hybridized carbons (Fsp3) is 0.526. The van der Waals surface area contributed by atoms with Gasteiger partial charge in [0.15, 0.2) is 0 Å².